The molecule has 84 valence electrons. The van der Waals surface area contributed by atoms with Crippen LogP contribution in [-0.4, -0.2) is 5.11 Å². The van der Waals surface area contributed by atoms with Crippen molar-refractivity contribution in [3.05, 3.63) is 28.8 Å². The van der Waals surface area contributed by atoms with E-state index < -0.39 is 0 Å². The van der Waals surface area contributed by atoms with E-state index in [9.17, 15) is 5.11 Å². The molecule has 2 heteroatoms. The summed E-state index contributed by atoms with van der Waals surface area (Å²) < 4.78 is 0. The molecule has 1 aromatic carbocycles. The van der Waals surface area contributed by atoms with E-state index in [0.29, 0.717) is 24.1 Å². The van der Waals surface area contributed by atoms with E-state index in [1.807, 2.05) is 6.07 Å². The van der Waals surface area contributed by atoms with Crippen molar-refractivity contribution in [2.75, 3.05) is 0 Å². The van der Waals surface area contributed by atoms with Crippen LogP contribution in [0.5, 0.6) is 5.75 Å². The molecule has 1 rings (SSSR count). The van der Waals surface area contributed by atoms with E-state index in [1.54, 1.807) is 0 Å². The van der Waals surface area contributed by atoms with E-state index in [-0.39, 0.29) is 0 Å². The Labute approximate surface area is 92.1 Å². The minimum absolute atomic E-state index is 0.340. The van der Waals surface area contributed by atoms with Gasteiger partial charge in [-0.25, -0.2) is 0 Å². The number of benzene rings is 1. The summed E-state index contributed by atoms with van der Waals surface area (Å²) in [7, 11) is 0. The highest BCUT2D eigenvalue weighted by atomic mass is 16.3. The van der Waals surface area contributed by atoms with Crippen LogP contribution in [0.4, 0.5) is 0 Å². The lowest BCUT2D eigenvalue weighted by Crippen LogP contribution is -2.05. The second-order valence-corrected chi connectivity index (χ2v) is 4.62. The van der Waals surface area contributed by atoms with Crippen LogP contribution in [0.15, 0.2) is 12.1 Å². The molecule has 0 saturated carbocycles. The molecule has 0 radical (unpaired) electrons. The first-order chi connectivity index (χ1) is 6.97. The van der Waals surface area contributed by atoms with Gasteiger partial charge in [-0.3, -0.25) is 0 Å². The second-order valence-electron chi connectivity index (χ2n) is 4.62. The fraction of sp³-hybridized carbons (Fsp3) is 0.538. The van der Waals surface area contributed by atoms with Gasteiger partial charge in [0, 0.05) is 12.1 Å². The lowest BCUT2D eigenvalue weighted by Gasteiger charge is -2.17. The summed E-state index contributed by atoms with van der Waals surface area (Å²) in [6.07, 6.45) is 0. The summed E-state index contributed by atoms with van der Waals surface area (Å²) >= 11 is 0. The van der Waals surface area contributed by atoms with Crippen LogP contribution in [-0.2, 0) is 6.54 Å². The highest BCUT2D eigenvalue weighted by Crippen LogP contribution is 2.31. The molecule has 15 heavy (non-hydrogen) atoms. The maximum atomic E-state index is 9.89. The molecule has 0 aliphatic heterocycles. The Morgan fingerprint density at radius 1 is 1.13 bits per heavy atom. The molecule has 2 nitrogen and oxygen atoms in total. The van der Waals surface area contributed by atoms with Crippen molar-refractivity contribution in [2.24, 2.45) is 5.73 Å². The van der Waals surface area contributed by atoms with Gasteiger partial charge < -0.3 is 10.8 Å². The van der Waals surface area contributed by atoms with E-state index in [2.05, 4.69) is 33.8 Å². The first-order valence-electron chi connectivity index (χ1n) is 5.53. The topological polar surface area (TPSA) is 46.2 Å². The molecule has 0 heterocycles. The maximum Gasteiger partial charge on any atom is 0.120 e. The van der Waals surface area contributed by atoms with Crippen molar-refractivity contribution in [3.8, 4) is 5.75 Å². The first kappa shape index (κ1) is 12.1. The molecule has 0 bridgehead atoms. The Kier molecular flexibility index (Phi) is 3.75. The van der Waals surface area contributed by atoms with Gasteiger partial charge in [0.1, 0.15) is 5.75 Å². The minimum atomic E-state index is 0.340. The van der Waals surface area contributed by atoms with Gasteiger partial charge >= 0.3 is 0 Å². The summed E-state index contributed by atoms with van der Waals surface area (Å²) in [4.78, 5) is 0. The van der Waals surface area contributed by atoms with Gasteiger partial charge in [0.05, 0.1) is 0 Å². The largest absolute Gasteiger partial charge is 0.508 e. The van der Waals surface area contributed by atoms with E-state index in [4.69, 9.17) is 5.73 Å². The van der Waals surface area contributed by atoms with Crippen molar-refractivity contribution < 1.29 is 5.11 Å². The molecule has 3 N–H and O–H groups in total. The summed E-state index contributed by atoms with van der Waals surface area (Å²) in [5.41, 5.74) is 8.88. The van der Waals surface area contributed by atoms with Crippen molar-refractivity contribution in [1.29, 1.82) is 0 Å². The SMILES string of the molecule is CC(C)c1cc(O)c(CN)c(C(C)C)c1. The minimum Gasteiger partial charge on any atom is -0.508 e. The lowest BCUT2D eigenvalue weighted by molar-refractivity contribution is 0.465. The fourth-order valence-electron chi connectivity index (χ4n) is 1.77. The maximum absolute atomic E-state index is 9.89. The molecule has 0 saturated heterocycles. The van der Waals surface area contributed by atoms with Gasteiger partial charge in [0.25, 0.3) is 0 Å². The summed E-state index contributed by atoms with van der Waals surface area (Å²) in [5.74, 6) is 1.17. The van der Waals surface area contributed by atoms with Gasteiger partial charge in [-0.1, -0.05) is 33.8 Å². The van der Waals surface area contributed by atoms with Crippen LogP contribution < -0.4 is 5.73 Å². The number of aromatic hydroxyl groups is 1. The zero-order valence-electron chi connectivity index (χ0n) is 10.0. The predicted molar refractivity (Wildman–Crippen MR) is 64.2 cm³/mol. The van der Waals surface area contributed by atoms with E-state index in [0.717, 1.165) is 5.56 Å². The molecule has 0 fully saturated rings. The molecule has 0 aromatic heterocycles. The summed E-state index contributed by atoms with van der Waals surface area (Å²) in [6.45, 7) is 8.90. The molecule has 0 aliphatic rings. The number of rotatable bonds is 3. The first-order valence-corrected chi connectivity index (χ1v) is 5.53. The van der Waals surface area contributed by atoms with Crippen LogP contribution >= 0.6 is 0 Å². The Morgan fingerprint density at radius 3 is 2.13 bits per heavy atom. The van der Waals surface area contributed by atoms with E-state index in [1.165, 1.54) is 11.1 Å². The van der Waals surface area contributed by atoms with Gasteiger partial charge in [0.2, 0.25) is 0 Å². The smallest absolute Gasteiger partial charge is 0.120 e. The van der Waals surface area contributed by atoms with Gasteiger partial charge in [-0.2, -0.15) is 0 Å². The van der Waals surface area contributed by atoms with Crippen molar-refractivity contribution in [3.63, 3.8) is 0 Å². The quantitative estimate of drug-likeness (QED) is 0.800. The predicted octanol–water partition coefficient (Wildman–Crippen LogP) is 3.10. The molecule has 0 unspecified atom stereocenters. The van der Waals surface area contributed by atoms with Crippen LogP contribution in [0.3, 0.4) is 0 Å². The van der Waals surface area contributed by atoms with Crippen molar-refractivity contribution >= 4 is 0 Å². The molecular weight excluding hydrogens is 186 g/mol. The average Bonchev–Trinajstić information content (AvgIpc) is 2.16. The Hall–Kier alpha value is -1.02. The summed E-state index contributed by atoms with van der Waals surface area (Å²) in [6, 6.07) is 4.00. The monoisotopic (exact) mass is 207 g/mol. The molecule has 0 atom stereocenters. The second kappa shape index (κ2) is 4.67. The normalized spacial score (nSPS) is 11.4. The number of nitrogens with two attached hydrogens (primary N) is 1. The highest BCUT2D eigenvalue weighted by Gasteiger charge is 2.13. The number of phenolic OH excluding ortho intramolecular Hbond substituents is 1. The fourth-order valence-corrected chi connectivity index (χ4v) is 1.77. The summed E-state index contributed by atoms with van der Waals surface area (Å²) in [5, 5.41) is 9.89. The Balaban J connectivity index is 3.32. The van der Waals surface area contributed by atoms with Crippen LogP contribution in [0.25, 0.3) is 0 Å². The molecule has 0 spiro atoms. The Morgan fingerprint density at radius 2 is 1.73 bits per heavy atom. The number of phenols is 1. The average molecular weight is 207 g/mol. The van der Waals surface area contributed by atoms with Crippen LogP contribution in [0, 0.1) is 0 Å². The number of hydrogen-bond acceptors (Lipinski definition) is 2. The number of hydrogen-bond donors (Lipinski definition) is 2. The zero-order chi connectivity index (χ0) is 11.6. The molecule has 0 aliphatic carbocycles. The third-order valence-electron chi connectivity index (χ3n) is 2.78. The standard InChI is InChI=1S/C13H21NO/c1-8(2)10-5-11(9(3)4)12(7-14)13(15)6-10/h5-6,8-9,15H,7,14H2,1-4H3. The van der Waals surface area contributed by atoms with Crippen LogP contribution in [0.2, 0.25) is 0 Å². The zero-order valence-corrected chi connectivity index (χ0v) is 10.0. The van der Waals surface area contributed by atoms with Gasteiger partial charge in [-0.15, -0.1) is 0 Å². The van der Waals surface area contributed by atoms with E-state index >= 15 is 0 Å². The molecule has 0 amide bonds. The van der Waals surface area contributed by atoms with Gasteiger partial charge in [0.15, 0.2) is 0 Å². The van der Waals surface area contributed by atoms with Crippen molar-refractivity contribution in [2.45, 2.75) is 46.1 Å². The van der Waals surface area contributed by atoms with Gasteiger partial charge in [-0.05, 0) is 29.0 Å². The lowest BCUT2D eigenvalue weighted by atomic mass is 9.91. The third-order valence-corrected chi connectivity index (χ3v) is 2.78. The highest BCUT2D eigenvalue weighted by molar-refractivity contribution is 5.45. The van der Waals surface area contributed by atoms with Crippen LogP contribution in [0.1, 0.15) is 56.2 Å². The molecular formula is C13H21NO. The third kappa shape index (κ3) is 2.51. The Bertz CT molecular complexity index is 343. The van der Waals surface area contributed by atoms with Crippen molar-refractivity contribution in [1.82, 2.24) is 0 Å². The molecule has 1 aromatic rings.